The Morgan fingerprint density at radius 1 is 0.816 bits per heavy atom. The average molecular weight is 675 g/mol. The zero-order valence-electron chi connectivity index (χ0n) is 31.5. The first-order valence-corrected chi connectivity index (χ1v) is 17.6. The SMILES string of the molecule is CC(=O)O[C@H]1CC(C)(C)C(=C2OC2/C(C)=C/C=C/C(C)=C/C=C/C=C(C)/C=C/C=C(\C)C(=O)C[C@@]23O[C@]2(C)C[C@@H](O)CC3(C)C)[C@](C)(O)C1. The van der Waals surface area contributed by atoms with E-state index in [2.05, 4.69) is 27.7 Å². The van der Waals surface area contributed by atoms with Crippen LogP contribution in [0.2, 0.25) is 0 Å². The third-order valence-electron chi connectivity index (χ3n) is 10.8. The van der Waals surface area contributed by atoms with E-state index in [-0.39, 0.29) is 40.9 Å². The molecule has 1 unspecified atom stereocenters. The predicted octanol–water partition coefficient (Wildman–Crippen LogP) is 8.26. The van der Waals surface area contributed by atoms with Crippen molar-refractivity contribution in [3.63, 3.8) is 0 Å². The molecule has 2 aliphatic carbocycles. The normalized spacial score (nSPS) is 36.2. The minimum absolute atomic E-state index is 0.0807. The lowest BCUT2D eigenvalue weighted by molar-refractivity contribution is -0.152. The number of hydrogen-bond donors (Lipinski definition) is 2. The Morgan fingerprint density at radius 3 is 1.96 bits per heavy atom. The van der Waals surface area contributed by atoms with Crippen LogP contribution in [-0.4, -0.2) is 57.1 Å². The number of rotatable bonds is 11. The first-order chi connectivity index (χ1) is 22.6. The summed E-state index contributed by atoms with van der Waals surface area (Å²) >= 11 is 0. The van der Waals surface area contributed by atoms with Gasteiger partial charge in [0.25, 0.3) is 0 Å². The molecule has 6 atom stereocenters. The van der Waals surface area contributed by atoms with Gasteiger partial charge in [0, 0.05) is 31.8 Å². The summed E-state index contributed by atoms with van der Waals surface area (Å²) in [6, 6.07) is 0. The summed E-state index contributed by atoms with van der Waals surface area (Å²) in [5.41, 5.74) is 2.12. The summed E-state index contributed by atoms with van der Waals surface area (Å²) < 4.78 is 17.6. The highest BCUT2D eigenvalue weighted by Gasteiger charge is 2.76. The fourth-order valence-electron chi connectivity index (χ4n) is 8.44. The maximum absolute atomic E-state index is 13.1. The number of allylic oxidation sites excluding steroid dienone is 13. The van der Waals surface area contributed by atoms with Gasteiger partial charge in [-0.1, -0.05) is 99.6 Å². The standard InChI is InChI=1S/C42H58O7/c1-27(18-14-20-29(3)34(45)26-42-39(8,9)22-32(44)23-41(42,11)49-42)16-12-13-17-28(2)19-15-21-30(4)35-36(48-35)37-38(6,7)24-33(47-31(5)43)25-40(37,10)46/h12-21,32-33,35,44,46H,22-26H2,1-11H3/b13-12+,18-14+,19-15+,27-16+,28-17+,29-20+,30-21+,37-36?/t32-,33-,35?,40+,41+,42-/m0/s1. The van der Waals surface area contributed by atoms with E-state index in [1.807, 2.05) is 95.4 Å². The van der Waals surface area contributed by atoms with Gasteiger partial charge in [0.05, 0.1) is 17.3 Å². The van der Waals surface area contributed by atoms with Gasteiger partial charge in [0.1, 0.15) is 17.5 Å². The van der Waals surface area contributed by atoms with Gasteiger partial charge in [-0.05, 0) is 76.4 Å². The molecule has 0 radical (unpaired) electrons. The molecule has 2 N–H and O–H groups in total. The van der Waals surface area contributed by atoms with Crippen molar-refractivity contribution < 1.29 is 34.0 Å². The van der Waals surface area contributed by atoms with Gasteiger partial charge in [-0.3, -0.25) is 9.59 Å². The van der Waals surface area contributed by atoms with Crippen molar-refractivity contribution in [2.45, 2.75) is 143 Å². The summed E-state index contributed by atoms with van der Waals surface area (Å²) in [5, 5.41) is 21.6. The fraction of sp³-hybridized carbons (Fsp3) is 0.571. The minimum Gasteiger partial charge on any atom is -0.478 e. The zero-order valence-corrected chi connectivity index (χ0v) is 31.5. The highest BCUT2D eigenvalue weighted by molar-refractivity contribution is 5.96. The van der Waals surface area contributed by atoms with Crippen LogP contribution in [0.15, 0.2) is 94.4 Å². The molecule has 2 aliphatic heterocycles. The maximum atomic E-state index is 13.1. The highest BCUT2D eigenvalue weighted by atomic mass is 16.6. The molecule has 0 aromatic carbocycles. The van der Waals surface area contributed by atoms with E-state index in [9.17, 15) is 19.8 Å². The number of aliphatic hydroxyl groups excluding tert-OH is 1. The molecule has 49 heavy (non-hydrogen) atoms. The first-order valence-electron chi connectivity index (χ1n) is 17.6. The lowest BCUT2D eigenvalue weighted by Gasteiger charge is -2.45. The van der Waals surface area contributed by atoms with Crippen molar-refractivity contribution in [1.29, 1.82) is 0 Å². The number of ether oxygens (including phenoxy) is 3. The van der Waals surface area contributed by atoms with E-state index in [0.717, 1.165) is 28.1 Å². The second-order valence-corrected chi connectivity index (χ2v) is 16.4. The second kappa shape index (κ2) is 14.2. The Balaban J connectivity index is 1.28. The van der Waals surface area contributed by atoms with Crippen LogP contribution in [0, 0.1) is 10.8 Å². The van der Waals surface area contributed by atoms with Gasteiger partial charge in [-0.25, -0.2) is 0 Å². The van der Waals surface area contributed by atoms with Crippen molar-refractivity contribution in [3.05, 3.63) is 94.4 Å². The van der Waals surface area contributed by atoms with E-state index in [1.165, 1.54) is 6.92 Å². The zero-order chi connectivity index (χ0) is 36.6. The molecule has 0 aromatic rings. The van der Waals surface area contributed by atoms with Crippen molar-refractivity contribution in [3.8, 4) is 0 Å². The van der Waals surface area contributed by atoms with Crippen LogP contribution < -0.4 is 0 Å². The number of carbonyl (C=O) groups is 2. The van der Waals surface area contributed by atoms with Crippen LogP contribution in [0.4, 0.5) is 0 Å². The molecule has 0 aromatic heterocycles. The van der Waals surface area contributed by atoms with Gasteiger partial charge in [-0.15, -0.1) is 0 Å². The predicted molar refractivity (Wildman–Crippen MR) is 194 cm³/mol. The Labute approximate surface area is 293 Å². The molecule has 0 spiro atoms. The van der Waals surface area contributed by atoms with Gasteiger partial charge >= 0.3 is 5.97 Å². The van der Waals surface area contributed by atoms with Gasteiger partial charge in [0.15, 0.2) is 11.9 Å². The van der Waals surface area contributed by atoms with E-state index in [1.54, 1.807) is 6.92 Å². The molecule has 7 heteroatoms. The molecule has 4 aliphatic rings. The van der Waals surface area contributed by atoms with Crippen LogP contribution in [-0.2, 0) is 23.8 Å². The molecule has 2 heterocycles. The number of esters is 1. The van der Waals surface area contributed by atoms with E-state index >= 15 is 0 Å². The van der Waals surface area contributed by atoms with E-state index in [0.29, 0.717) is 37.7 Å². The number of epoxide rings is 2. The second-order valence-electron chi connectivity index (χ2n) is 16.4. The summed E-state index contributed by atoms with van der Waals surface area (Å²) in [5.74, 6) is 0.580. The molecule has 2 saturated heterocycles. The number of carbonyl (C=O) groups excluding carboxylic acids is 2. The molecule has 7 nitrogen and oxygen atoms in total. The minimum atomic E-state index is -1.11. The smallest absolute Gasteiger partial charge is 0.302 e. The number of ketones is 1. The van der Waals surface area contributed by atoms with E-state index in [4.69, 9.17) is 14.2 Å². The number of Topliss-reactive ketones (excluding diaryl/α,β-unsaturated/α-hetero) is 1. The topological polar surface area (TPSA) is 109 Å². The molecule has 4 rings (SSSR count). The van der Waals surface area contributed by atoms with Crippen molar-refractivity contribution in [2.24, 2.45) is 10.8 Å². The molecular weight excluding hydrogens is 616 g/mol. The maximum Gasteiger partial charge on any atom is 0.302 e. The van der Waals surface area contributed by atoms with Gasteiger partial charge in [0.2, 0.25) is 0 Å². The molecule has 0 amide bonds. The fourth-order valence-corrected chi connectivity index (χ4v) is 8.44. The van der Waals surface area contributed by atoms with Crippen molar-refractivity contribution in [1.82, 2.24) is 0 Å². The monoisotopic (exact) mass is 674 g/mol. The lowest BCUT2D eigenvalue weighted by atomic mass is 9.61. The molecule has 0 bridgehead atoms. The Kier molecular flexibility index (Phi) is 11.1. The Hall–Kier alpha value is -3.26. The van der Waals surface area contributed by atoms with E-state index < -0.39 is 16.8 Å². The molecule has 268 valence electrons. The van der Waals surface area contributed by atoms with Crippen LogP contribution in [0.1, 0.15) is 108 Å². The summed E-state index contributed by atoms with van der Waals surface area (Å²) in [6.07, 6.45) is 21.6. The van der Waals surface area contributed by atoms with Gasteiger partial charge in [-0.2, -0.15) is 0 Å². The number of hydrogen-bond acceptors (Lipinski definition) is 7. The summed E-state index contributed by atoms with van der Waals surface area (Å²) in [6.45, 7) is 21.5. The third-order valence-corrected chi connectivity index (χ3v) is 10.8. The van der Waals surface area contributed by atoms with Crippen LogP contribution in [0.3, 0.4) is 0 Å². The number of aliphatic hydroxyl groups is 2. The number of fused-ring (bicyclic) bond motifs is 1. The van der Waals surface area contributed by atoms with Crippen LogP contribution >= 0.6 is 0 Å². The Morgan fingerprint density at radius 2 is 1.41 bits per heavy atom. The highest BCUT2D eigenvalue weighted by Crippen LogP contribution is 2.67. The van der Waals surface area contributed by atoms with Crippen LogP contribution in [0.5, 0.6) is 0 Å². The van der Waals surface area contributed by atoms with Crippen molar-refractivity contribution in [2.75, 3.05) is 0 Å². The quantitative estimate of drug-likeness (QED) is 0.0983. The third kappa shape index (κ3) is 8.73. The largest absolute Gasteiger partial charge is 0.478 e. The summed E-state index contributed by atoms with van der Waals surface area (Å²) in [4.78, 5) is 24.6. The molecular formula is C42H58O7. The first kappa shape index (κ1) is 38.5. The molecule has 2 saturated carbocycles. The van der Waals surface area contributed by atoms with Crippen molar-refractivity contribution >= 4 is 11.8 Å². The Bertz CT molecular complexity index is 1550. The average Bonchev–Trinajstić information content (AvgIpc) is 3.84. The molecule has 4 fully saturated rings. The van der Waals surface area contributed by atoms with Crippen LogP contribution in [0.25, 0.3) is 0 Å². The summed E-state index contributed by atoms with van der Waals surface area (Å²) in [7, 11) is 0. The van der Waals surface area contributed by atoms with Gasteiger partial charge < -0.3 is 24.4 Å². The lowest BCUT2D eigenvalue weighted by Crippen LogP contribution is -2.48.